The highest BCUT2D eigenvalue weighted by Gasteiger charge is 2.24. The van der Waals surface area contributed by atoms with Crippen molar-refractivity contribution >= 4 is 23.4 Å². The zero-order valence-corrected chi connectivity index (χ0v) is 13.0. The molecule has 0 radical (unpaired) electrons. The molecule has 0 saturated carbocycles. The Morgan fingerprint density at radius 1 is 1.24 bits per heavy atom. The molecule has 0 aromatic heterocycles. The molecule has 0 fully saturated rings. The lowest BCUT2D eigenvalue weighted by Gasteiger charge is -2.17. The SMILES string of the molecule is CCOC(=O)C(Sc1ccc(C)cc1N)c1ccccc1. The van der Waals surface area contributed by atoms with Gasteiger partial charge in [0.2, 0.25) is 0 Å². The molecule has 0 spiro atoms. The van der Waals surface area contributed by atoms with E-state index in [1.807, 2.05) is 62.4 Å². The van der Waals surface area contributed by atoms with Crippen LogP contribution in [0.3, 0.4) is 0 Å². The molecule has 2 N–H and O–H groups in total. The Hall–Kier alpha value is -1.94. The van der Waals surface area contributed by atoms with Crippen LogP contribution in [0.2, 0.25) is 0 Å². The summed E-state index contributed by atoms with van der Waals surface area (Å²) < 4.78 is 5.19. The number of thioether (sulfide) groups is 1. The first-order valence-electron chi connectivity index (χ1n) is 6.86. The van der Waals surface area contributed by atoms with E-state index in [2.05, 4.69) is 0 Å². The fourth-order valence-corrected chi connectivity index (χ4v) is 3.05. The average molecular weight is 301 g/mol. The average Bonchev–Trinajstić information content (AvgIpc) is 2.47. The Balaban J connectivity index is 2.30. The summed E-state index contributed by atoms with van der Waals surface area (Å²) in [4.78, 5) is 13.1. The predicted octanol–water partition coefficient (Wildman–Crippen LogP) is 3.97. The minimum absolute atomic E-state index is 0.242. The van der Waals surface area contributed by atoms with Crippen LogP contribution in [0, 0.1) is 6.92 Å². The third-order valence-electron chi connectivity index (χ3n) is 3.01. The summed E-state index contributed by atoms with van der Waals surface area (Å²) in [5.41, 5.74) is 8.75. The molecule has 0 saturated heterocycles. The quantitative estimate of drug-likeness (QED) is 0.516. The van der Waals surface area contributed by atoms with Crippen molar-refractivity contribution in [1.29, 1.82) is 0 Å². The van der Waals surface area contributed by atoms with Crippen molar-refractivity contribution in [2.24, 2.45) is 0 Å². The normalized spacial score (nSPS) is 11.9. The van der Waals surface area contributed by atoms with E-state index in [1.54, 1.807) is 0 Å². The summed E-state index contributed by atoms with van der Waals surface area (Å²) in [6, 6.07) is 15.5. The number of rotatable bonds is 5. The van der Waals surface area contributed by atoms with Gasteiger partial charge >= 0.3 is 5.97 Å². The van der Waals surface area contributed by atoms with Crippen LogP contribution < -0.4 is 5.73 Å². The number of nitrogen functional groups attached to an aromatic ring is 1. The lowest BCUT2D eigenvalue weighted by Crippen LogP contribution is -2.13. The minimum atomic E-state index is -0.406. The van der Waals surface area contributed by atoms with Gasteiger partial charge in [0.05, 0.1) is 6.61 Å². The summed E-state index contributed by atoms with van der Waals surface area (Å²) in [6.45, 7) is 4.17. The van der Waals surface area contributed by atoms with Gasteiger partial charge < -0.3 is 10.5 Å². The molecule has 0 heterocycles. The lowest BCUT2D eigenvalue weighted by molar-refractivity contribution is -0.142. The van der Waals surface area contributed by atoms with E-state index >= 15 is 0 Å². The Bertz CT molecular complexity index is 613. The number of anilines is 1. The number of carbonyl (C=O) groups is 1. The number of esters is 1. The molecule has 110 valence electrons. The number of nitrogens with two attached hydrogens (primary N) is 1. The smallest absolute Gasteiger partial charge is 0.323 e. The fraction of sp³-hybridized carbons (Fsp3) is 0.235. The highest BCUT2D eigenvalue weighted by molar-refractivity contribution is 8.00. The van der Waals surface area contributed by atoms with Gasteiger partial charge in [-0.15, -0.1) is 11.8 Å². The monoisotopic (exact) mass is 301 g/mol. The molecule has 1 atom stereocenters. The van der Waals surface area contributed by atoms with Crippen molar-refractivity contribution in [2.75, 3.05) is 12.3 Å². The van der Waals surface area contributed by atoms with Crippen molar-refractivity contribution in [1.82, 2.24) is 0 Å². The molecule has 4 heteroatoms. The van der Waals surface area contributed by atoms with Crippen LogP contribution in [-0.2, 0) is 9.53 Å². The van der Waals surface area contributed by atoms with Gasteiger partial charge in [-0.3, -0.25) is 4.79 Å². The molecule has 3 nitrogen and oxygen atoms in total. The van der Waals surface area contributed by atoms with E-state index in [0.717, 1.165) is 16.0 Å². The number of ether oxygens (including phenoxy) is 1. The maximum Gasteiger partial charge on any atom is 0.323 e. The second-order valence-electron chi connectivity index (χ2n) is 4.70. The Labute approximate surface area is 129 Å². The van der Waals surface area contributed by atoms with E-state index in [1.165, 1.54) is 11.8 Å². The topological polar surface area (TPSA) is 52.3 Å². The first-order chi connectivity index (χ1) is 10.1. The molecule has 0 aliphatic rings. The molecule has 1 unspecified atom stereocenters. The van der Waals surface area contributed by atoms with Crippen LogP contribution >= 0.6 is 11.8 Å². The number of benzene rings is 2. The first-order valence-corrected chi connectivity index (χ1v) is 7.74. The van der Waals surface area contributed by atoms with E-state index in [-0.39, 0.29) is 5.97 Å². The van der Waals surface area contributed by atoms with E-state index in [4.69, 9.17) is 10.5 Å². The van der Waals surface area contributed by atoms with Crippen molar-refractivity contribution in [3.8, 4) is 0 Å². The fourth-order valence-electron chi connectivity index (χ4n) is 2.00. The molecule has 2 aromatic carbocycles. The van der Waals surface area contributed by atoms with Crippen molar-refractivity contribution < 1.29 is 9.53 Å². The van der Waals surface area contributed by atoms with Gasteiger partial charge in [-0.05, 0) is 37.1 Å². The highest BCUT2D eigenvalue weighted by atomic mass is 32.2. The molecule has 0 amide bonds. The maximum atomic E-state index is 12.2. The van der Waals surface area contributed by atoms with Crippen molar-refractivity contribution in [3.63, 3.8) is 0 Å². The molecular formula is C17H19NO2S. The molecule has 21 heavy (non-hydrogen) atoms. The van der Waals surface area contributed by atoms with Crippen LogP contribution in [-0.4, -0.2) is 12.6 Å². The summed E-state index contributed by atoms with van der Waals surface area (Å²) in [6.07, 6.45) is 0. The predicted molar refractivity (Wildman–Crippen MR) is 87.3 cm³/mol. The number of hydrogen-bond acceptors (Lipinski definition) is 4. The Morgan fingerprint density at radius 2 is 1.95 bits per heavy atom. The number of aryl methyl sites for hydroxylation is 1. The zero-order valence-electron chi connectivity index (χ0n) is 12.2. The van der Waals surface area contributed by atoms with Crippen LogP contribution in [0.15, 0.2) is 53.4 Å². The standard InChI is InChI=1S/C17H19NO2S/c1-3-20-17(19)16(13-7-5-4-6-8-13)21-15-10-9-12(2)11-14(15)18/h4-11,16H,3,18H2,1-2H3. The number of hydrogen-bond donors (Lipinski definition) is 1. The van der Waals surface area contributed by atoms with Crippen LogP contribution in [0.25, 0.3) is 0 Å². The van der Waals surface area contributed by atoms with Crippen LogP contribution in [0.1, 0.15) is 23.3 Å². The summed E-state index contributed by atoms with van der Waals surface area (Å²) in [7, 11) is 0. The third kappa shape index (κ3) is 4.02. The van der Waals surface area contributed by atoms with Crippen molar-refractivity contribution in [3.05, 3.63) is 59.7 Å². The molecule has 2 rings (SSSR count). The molecule has 0 bridgehead atoms. The summed E-state index contributed by atoms with van der Waals surface area (Å²) in [5.74, 6) is -0.242. The molecule has 2 aromatic rings. The Kier molecular flexibility index (Phi) is 5.28. The van der Waals surface area contributed by atoms with Gasteiger partial charge in [0.25, 0.3) is 0 Å². The van der Waals surface area contributed by atoms with Crippen LogP contribution in [0.4, 0.5) is 5.69 Å². The Morgan fingerprint density at radius 3 is 2.57 bits per heavy atom. The van der Waals surface area contributed by atoms with Crippen LogP contribution in [0.5, 0.6) is 0 Å². The molecule has 0 aliphatic carbocycles. The highest BCUT2D eigenvalue weighted by Crippen LogP contribution is 2.39. The van der Waals surface area contributed by atoms with E-state index in [9.17, 15) is 4.79 Å². The van der Waals surface area contributed by atoms with Crippen molar-refractivity contribution in [2.45, 2.75) is 24.0 Å². The van der Waals surface area contributed by atoms with Gasteiger partial charge in [-0.25, -0.2) is 0 Å². The van der Waals surface area contributed by atoms with E-state index < -0.39 is 5.25 Å². The minimum Gasteiger partial charge on any atom is -0.465 e. The van der Waals surface area contributed by atoms with Gasteiger partial charge in [0.1, 0.15) is 5.25 Å². The third-order valence-corrected chi connectivity index (χ3v) is 4.34. The first kappa shape index (κ1) is 15.4. The van der Waals surface area contributed by atoms with Gasteiger partial charge in [0.15, 0.2) is 0 Å². The second-order valence-corrected chi connectivity index (χ2v) is 5.85. The van der Waals surface area contributed by atoms with Gasteiger partial charge in [0, 0.05) is 10.6 Å². The lowest BCUT2D eigenvalue weighted by atomic mass is 10.1. The summed E-state index contributed by atoms with van der Waals surface area (Å²) >= 11 is 1.43. The molecular weight excluding hydrogens is 282 g/mol. The van der Waals surface area contributed by atoms with Gasteiger partial charge in [-0.1, -0.05) is 36.4 Å². The molecule has 0 aliphatic heterocycles. The van der Waals surface area contributed by atoms with Gasteiger partial charge in [-0.2, -0.15) is 0 Å². The summed E-state index contributed by atoms with van der Waals surface area (Å²) in [5, 5.41) is -0.406. The zero-order chi connectivity index (χ0) is 15.2. The maximum absolute atomic E-state index is 12.2. The second kappa shape index (κ2) is 7.18. The van der Waals surface area contributed by atoms with E-state index in [0.29, 0.717) is 12.3 Å². The number of carbonyl (C=O) groups excluding carboxylic acids is 1. The largest absolute Gasteiger partial charge is 0.465 e.